The number of nitrogens with one attached hydrogen (secondary N) is 1. The highest BCUT2D eigenvalue weighted by atomic mass is 35.5. The molecule has 11 heteroatoms. The second kappa shape index (κ2) is 14.6. The Morgan fingerprint density at radius 2 is 1.67 bits per heavy atom. The summed E-state index contributed by atoms with van der Waals surface area (Å²) in [5.74, 6) is -0.612. The number of ketones is 1. The van der Waals surface area contributed by atoms with E-state index in [1.807, 2.05) is 0 Å². The Hall–Kier alpha value is -4.02. The maximum Gasteiger partial charge on any atom is 0.306 e. The smallest absolute Gasteiger partial charge is 0.306 e. The highest BCUT2D eigenvalue weighted by molar-refractivity contribution is 6.31. The lowest BCUT2D eigenvalue weighted by molar-refractivity contribution is -0.155. The van der Waals surface area contributed by atoms with Crippen molar-refractivity contribution in [3.05, 3.63) is 76.2 Å². The van der Waals surface area contributed by atoms with E-state index in [2.05, 4.69) is 5.32 Å². The highest BCUT2D eigenvalue weighted by Crippen LogP contribution is 2.36. The van der Waals surface area contributed by atoms with Gasteiger partial charge in [0.25, 0.3) is 0 Å². The number of rotatable bonds is 14. The highest BCUT2D eigenvalue weighted by Gasteiger charge is 2.32. The van der Waals surface area contributed by atoms with Crippen LogP contribution < -0.4 is 14.8 Å². The zero-order chi connectivity index (χ0) is 35.4. The van der Waals surface area contributed by atoms with E-state index in [9.17, 15) is 23.9 Å². The average Bonchev–Trinajstić information content (AvgIpc) is 3.83. The molecule has 0 spiro atoms. The zero-order valence-electron chi connectivity index (χ0n) is 28.5. The van der Waals surface area contributed by atoms with Crippen molar-refractivity contribution < 1.29 is 38.1 Å². The first-order chi connectivity index (χ1) is 22.4. The molecule has 48 heavy (non-hydrogen) atoms. The Morgan fingerprint density at radius 1 is 0.958 bits per heavy atom. The third kappa shape index (κ3) is 10.00. The third-order valence-electron chi connectivity index (χ3n) is 7.88. The summed E-state index contributed by atoms with van der Waals surface area (Å²) >= 11 is 6.09. The van der Waals surface area contributed by atoms with Crippen molar-refractivity contribution in [3.8, 4) is 22.8 Å². The van der Waals surface area contributed by atoms with Crippen molar-refractivity contribution in [2.24, 2.45) is 0 Å². The summed E-state index contributed by atoms with van der Waals surface area (Å²) in [5.41, 5.74) is -1.13. The number of carbonyl (C=O) groups is 3. The molecule has 1 atom stereocenters. The quantitative estimate of drug-likeness (QED) is 0.133. The van der Waals surface area contributed by atoms with Crippen LogP contribution in [0.2, 0.25) is 5.02 Å². The number of nitrogens with zero attached hydrogens (tertiary/aromatic N) is 1. The molecule has 4 rings (SSSR count). The molecule has 0 bridgehead atoms. The summed E-state index contributed by atoms with van der Waals surface area (Å²) in [6.45, 7) is 10.4. The lowest BCUT2D eigenvalue weighted by Crippen LogP contribution is -2.41. The number of carbonyl (C=O) groups excluding carboxylic acids is 3. The topological polar surface area (TPSA) is 124 Å². The first-order valence-corrected chi connectivity index (χ1v) is 16.4. The molecule has 2 aromatic carbocycles. The fourth-order valence-corrected chi connectivity index (χ4v) is 5.18. The van der Waals surface area contributed by atoms with Gasteiger partial charge in [-0.15, -0.1) is 0 Å². The van der Waals surface area contributed by atoms with Gasteiger partial charge in [0.05, 0.1) is 41.6 Å². The summed E-state index contributed by atoms with van der Waals surface area (Å²) in [6.07, 6.45) is 1.98. The lowest BCUT2D eigenvalue weighted by Gasteiger charge is -2.30. The predicted molar refractivity (Wildman–Crippen MR) is 181 cm³/mol. The molecule has 1 aliphatic rings. The van der Waals surface area contributed by atoms with Crippen molar-refractivity contribution in [1.82, 2.24) is 10.3 Å². The van der Waals surface area contributed by atoms with Gasteiger partial charge < -0.3 is 24.6 Å². The number of esters is 1. The van der Waals surface area contributed by atoms with Gasteiger partial charge in [-0.05, 0) is 115 Å². The van der Waals surface area contributed by atoms with Gasteiger partial charge in [0.15, 0.2) is 17.3 Å². The Balaban J connectivity index is 1.58. The minimum atomic E-state index is -1.58. The van der Waals surface area contributed by atoms with Gasteiger partial charge in [0, 0.05) is 24.0 Å². The van der Waals surface area contributed by atoms with E-state index < -0.39 is 28.5 Å². The Morgan fingerprint density at radius 3 is 2.29 bits per heavy atom. The molecule has 1 aliphatic carbocycles. The summed E-state index contributed by atoms with van der Waals surface area (Å²) in [4.78, 5) is 43.1. The molecule has 258 valence electrons. The van der Waals surface area contributed by atoms with E-state index in [0.29, 0.717) is 33.9 Å². The Kier molecular flexibility index (Phi) is 11.2. The number of Topliss-reactive ketones (excluding diaryl/α,β-unsaturated/α-hetero) is 1. The van der Waals surface area contributed by atoms with Crippen molar-refractivity contribution in [2.45, 2.75) is 103 Å². The van der Waals surface area contributed by atoms with Gasteiger partial charge >= 0.3 is 5.97 Å². The van der Waals surface area contributed by atoms with Crippen LogP contribution in [0.1, 0.15) is 102 Å². The molecule has 1 amide bonds. The summed E-state index contributed by atoms with van der Waals surface area (Å²) in [6, 6.07) is 12.6. The lowest BCUT2D eigenvalue weighted by atomic mass is 9.87. The number of amides is 1. The molecule has 1 saturated carbocycles. The number of aromatic nitrogens is 1. The average molecular weight is 683 g/mol. The van der Waals surface area contributed by atoms with Crippen molar-refractivity contribution in [3.63, 3.8) is 0 Å². The fourth-order valence-electron chi connectivity index (χ4n) is 5.00. The van der Waals surface area contributed by atoms with E-state index in [-0.39, 0.29) is 54.2 Å². The molecule has 1 heterocycles. The van der Waals surface area contributed by atoms with Crippen LogP contribution in [0.15, 0.2) is 48.5 Å². The molecule has 1 fully saturated rings. The number of hydrogen-bond acceptors (Lipinski definition) is 8. The van der Waals surface area contributed by atoms with Crippen LogP contribution in [0, 0.1) is 5.82 Å². The number of benzene rings is 2. The summed E-state index contributed by atoms with van der Waals surface area (Å²) in [7, 11) is 1.52. The van der Waals surface area contributed by atoms with Gasteiger partial charge in [-0.3, -0.25) is 14.4 Å². The fraction of sp³-hybridized carbons (Fsp3) is 0.459. The maximum atomic E-state index is 14.0. The van der Waals surface area contributed by atoms with Crippen LogP contribution in [-0.4, -0.2) is 46.6 Å². The molecule has 9 nitrogen and oxygen atoms in total. The molecule has 3 aromatic rings. The predicted octanol–water partition coefficient (Wildman–Crippen LogP) is 7.43. The van der Waals surface area contributed by atoms with Gasteiger partial charge in [-0.2, -0.15) is 0 Å². The second-order valence-corrected chi connectivity index (χ2v) is 14.3. The van der Waals surface area contributed by atoms with Gasteiger partial charge in [0.2, 0.25) is 5.91 Å². The van der Waals surface area contributed by atoms with Crippen LogP contribution in [-0.2, 0) is 25.5 Å². The zero-order valence-corrected chi connectivity index (χ0v) is 29.3. The van der Waals surface area contributed by atoms with Crippen LogP contribution >= 0.6 is 11.6 Å². The van der Waals surface area contributed by atoms with E-state index >= 15 is 0 Å². The maximum absolute atomic E-state index is 14.0. The SMILES string of the molecule is COc1cc(C(=O)CCC(C)(O)c2cc(C(C)(C)NC(=O)CCC(=O)OC(C)(C)C)cc(-c3ccc(F)c(Cl)c3)n2)ccc1OC1CC1. The summed E-state index contributed by atoms with van der Waals surface area (Å²) in [5, 5.41) is 14.6. The van der Waals surface area contributed by atoms with Crippen LogP contribution in [0.3, 0.4) is 0 Å². The van der Waals surface area contributed by atoms with E-state index in [1.54, 1.807) is 71.9 Å². The first-order valence-electron chi connectivity index (χ1n) is 16.0. The van der Waals surface area contributed by atoms with Gasteiger partial charge in [-0.1, -0.05) is 11.6 Å². The number of pyridine rings is 1. The van der Waals surface area contributed by atoms with Gasteiger partial charge in [0.1, 0.15) is 17.0 Å². The minimum Gasteiger partial charge on any atom is -0.493 e. The first kappa shape index (κ1) is 36.8. The molecule has 0 radical (unpaired) electrons. The molecular weight excluding hydrogens is 639 g/mol. The number of hydrogen-bond donors (Lipinski definition) is 2. The van der Waals surface area contributed by atoms with Crippen LogP contribution in [0.5, 0.6) is 11.5 Å². The minimum absolute atomic E-state index is 0.00655. The standard InChI is InChI=1S/C37H44ClFN2O7/c1-35(2,3)48-34(44)15-14-33(43)41-36(4,5)24-20-28(22-8-12-27(39)26(38)18-22)40-32(21-24)37(6,45)17-16-29(42)23-9-13-30(31(19-23)46-7)47-25-10-11-25/h8-9,12-13,18-21,25,45H,10-11,14-17H2,1-7H3,(H,41,43). The molecular formula is C37H44ClFN2O7. The van der Waals surface area contributed by atoms with Crippen molar-refractivity contribution in [2.75, 3.05) is 7.11 Å². The second-order valence-electron chi connectivity index (χ2n) is 13.9. The van der Waals surface area contributed by atoms with Crippen molar-refractivity contribution in [1.29, 1.82) is 0 Å². The van der Waals surface area contributed by atoms with E-state index in [0.717, 1.165) is 12.8 Å². The molecule has 1 aromatic heterocycles. The number of ether oxygens (including phenoxy) is 3. The third-order valence-corrected chi connectivity index (χ3v) is 8.17. The number of aliphatic hydroxyl groups is 1. The molecule has 2 N–H and O–H groups in total. The molecule has 0 aliphatic heterocycles. The molecule has 0 saturated heterocycles. The van der Waals surface area contributed by atoms with Gasteiger partial charge in [-0.25, -0.2) is 9.37 Å². The van der Waals surface area contributed by atoms with Crippen molar-refractivity contribution >= 4 is 29.3 Å². The van der Waals surface area contributed by atoms with Crippen LogP contribution in [0.4, 0.5) is 4.39 Å². The Bertz CT molecular complexity index is 1680. The monoisotopic (exact) mass is 682 g/mol. The number of methoxy groups -OCH3 is 1. The van der Waals surface area contributed by atoms with E-state index in [1.165, 1.54) is 25.3 Å². The molecule has 1 unspecified atom stereocenters. The largest absolute Gasteiger partial charge is 0.493 e. The Labute approximate surface area is 286 Å². The van der Waals surface area contributed by atoms with E-state index in [4.69, 9.17) is 30.8 Å². The van der Waals surface area contributed by atoms with Crippen LogP contribution in [0.25, 0.3) is 11.3 Å². The normalized spacial score (nSPS) is 14.5. The number of halogens is 2. The summed E-state index contributed by atoms with van der Waals surface area (Å²) < 4.78 is 30.7.